The van der Waals surface area contributed by atoms with E-state index in [9.17, 15) is 19.8 Å². The monoisotopic (exact) mass is 440 g/mol. The molecule has 2 bridgehead atoms. The van der Waals surface area contributed by atoms with Crippen molar-refractivity contribution >= 4 is 11.7 Å². The first kappa shape index (κ1) is 21.9. The second-order valence-electron chi connectivity index (χ2n) is 11.2. The number of phenolic OH excluding ortho intramolecular Hbond substituents is 1. The van der Waals surface area contributed by atoms with Gasteiger partial charge in [-0.2, -0.15) is 0 Å². The van der Waals surface area contributed by atoms with Gasteiger partial charge in [0.2, 0.25) is 5.91 Å². The van der Waals surface area contributed by atoms with Crippen LogP contribution in [0.5, 0.6) is 5.75 Å². The Morgan fingerprint density at radius 2 is 2.09 bits per heavy atom. The molecule has 1 heterocycles. The highest BCUT2D eigenvalue weighted by molar-refractivity contribution is 5.89. The first-order valence-corrected chi connectivity index (χ1v) is 12.3. The minimum atomic E-state index is -1.07. The molecule has 0 radical (unpaired) electrons. The van der Waals surface area contributed by atoms with Crippen molar-refractivity contribution in [3.63, 3.8) is 0 Å². The van der Waals surface area contributed by atoms with Crippen LogP contribution < -0.4 is 5.32 Å². The molecule has 6 nitrogen and oxygen atoms in total. The van der Waals surface area contributed by atoms with Gasteiger partial charge in [0.1, 0.15) is 11.5 Å². The smallest absolute Gasteiger partial charge is 0.220 e. The summed E-state index contributed by atoms with van der Waals surface area (Å²) >= 11 is 0. The fourth-order valence-corrected chi connectivity index (χ4v) is 6.64. The van der Waals surface area contributed by atoms with Crippen molar-refractivity contribution < 1.29 is 19.8 Å². The van der Waals surface area contributed by atoms with E-state index in [2.05, 4.69) is 10.2 Å². The Bertz CT molecular complexity index is 926. The summed E-state index contributed by atoms with van der Waals surface area (Å²) in [7, 11) is 0. The number of rotatable bonds is 6. The molecule has 32 heavy (non-hydrogen) atoms. The number of amides is 1. The molecule has 0 unspecified atom stereocenters. The molecule has 1 saturated heterocycles. The van der Waals surface area contributed by atoms with Crippen LogP contribution in [0.2, 0.25) is 0 Å². The van der Waals surface area contributed by atoms with Crippen LogP contribution in [0.4, 0.5) is 0 Å². The Kier molecular flexibility index (Phi) is 5.37. The third kappa shape index (κ3) is 3.56. The molecule has 3 N–H and O–H groups in total. The number of aliphatic hydroxyl groups is 1. The topological polar surface area (TPSA) is 89.9 Å². The van der Waals surface area contributed by atoms with Gasteiger partial charge in [0.05, 0.1) is 5.60 Å². The largest absolute Gasteiger partial charge is 0.508 e. The van der Waals surface area contributed by atoms with E-state index < -0.39 is 16.9 Å². The number of ketones is 1. The standard InChI is InChI=1S/C26H36N2O4/c1-16(2)14-27-24(31)10-19-12-26(32)23-9-18-5-6-20(29)11-21(18)25(26,13-22(19)30)7-8-28(23)15-17-3-4-17/h5-6,11,16-17,19,23,29,32H,3-4,7-10,12-15H2,1-2H3,(H,27,31)/t19-,23+,25+,26+/m0/s1. The average molecular weight is 441 g/mol. The zero-order valence-electron chi connectivity index (χ0n) is 19.3. The van der Waals surface area contributed by atoms with Crippen molar-refractivity contribution in [2.75, 3.05) is 19.6 Å². The highest BCUT2D eigenvalue weighted by Gasteiger charge is 2.66. The van der Waals surface area contributed by atoms with E-state index in [1.54, 1.807) is 12.1 Å². The van der Waals surface area contributed by atoms with E-state index in [0.717, 1.165) is 36.6 Å². The van der Waals surface area contributed by atoms with E-state index in [-0.39, 0.29) is 36.3 Å². The van der Waals surface area contributed by atoms with Crippen molar-refractivity contribution in [3.05, 3.63) is 29.3 Å². The SMILES string of the molecule is CC(C)CNC(=O)C[C@H]1C[C@@]2(O)[C@H]3Cc4ccc(O)cc4[C@@]2(CCN3CC2CC2)CC1=O. The quantitative estimate of drug-likeness (QED) is 0.633. The molecule has 3 aliphatic carbocycles. The number of Topliss-reactive ketones (excluding diaryl/α,β-unsaturated/α-hetero) is 1. The van der Waals surface area contributed by atoms with Crippen LogP contribution in [0.1, 0.15) is 63.5 Å². The van der Waals surface area contributed by atoms with Gasteiger partial charge in [0, 0.05) is 43.3 Å². The van der Waals surface area contributed by atoms with E-state index in [4.69, 9.17) is 0 Å². The first-order valence-electron chi connectivity index (χ1n) is 12.3. The van der Waals surface area contributed by atoms with Gasteiger partial charge in [-0.05, 0) is 73.7 Å². The lowest BCUT2D eigenvalue weighted by molar-refractivity contribution is -0.182. The zero-order chi connectivity index (χ0) is 22.7. The van der Waals surface area contributed by atoms with E-state index >= 15 is 0 Å². The number of phenols is 1. The predicted molar refractivity (Wildman–Crippen MR) is 121 cm³/mol. The Morgan fingerprint density at radius 3 is 2.81 bits per heavy atom. The number of piperidine rings is 1. The number of fused-ring (bicyclic) bond motifs is 1. The van der Waals surface area contributed by atoms with Crippen molar-refractivity contribution in [2.45, 2.75) is 75.9 Å². The van der Waals surface area contributed by atoms with Gasteiger partial charge in [0.15, 0.2) is 0 Å². The van der Waals surface area contributed by atoms with Gasteiger partial charge < -0.3 is 15.5 Å². The number of nitrogens with one attached hydrogen (secondary N) is 1. The molecule has 3 fully saturated rings. The molecule has 2 saturated carbocycles. The lowest BCUT2D eigenvalue weighted by atomic mass is 9.47. The highest BCUT2D eigenvalue weighted by Crippen LogP contribution is 2.59. The van der Waals surface area contributed by atoms with Crippen molar-refractivity contribution in [1.82, 2.24) is 10.2 Å². The summed E-state index contributed by atoms with van der Waals surface area (Å²) in [4.78, 5) is 28.4. The van der Waals surface area contributed by atoms with Gasteiger partial charge in [-0.15, -0.1) is 0 Å². The van der Waals surface area contributed by atoms with Crippen LogP contribution in [-0.4, -0.2) is 58.1 Å². The minimum Gasteiger partial charge on any atom is -0.508 e. The summed E-state index contributed by atoms with van der Waals surface area (Å²) in [6.45, 7) is 6.56. The van der Waals surface area contributed by atoms with Gasteiger partial charge in [0.25, 0.3) is 0 Å². The number of aromatic hydroxyl groups is 1. The second kappa shape index (κ2) is 7.84. The molecule has 6 heteroatoms. The second-order valence-corrected chi connectivity index (χ2v) is 11.2. The van der Waals surface area contributed by atoms with Gasteiger partial charge in [-0.1, -0.05) is 19.9 Å². The van der Waals surface area contributed by atoms with Crippen molar-refractivity contribution in [3.8, 4) is 5.75 Å². The van der Waals surface area contributed by atoms with Crippen LogP contribution >= 0.6 is 0 Å². The fraction of sp³-hybridized carbons (Fsp3) is 0.692. The maximum Gasteiger partial charge on any atom is 0.220 e. The normalized spacial score (nSPS) is 34.2. The van der Waals surface area contributed by atoms with E-state index in [1.807, 2.05) is 19.9 Å². The average Bonchev–Trinajstić information content (AvgIpc) is 3.54. The summed E-state index contributed by atoms with van der Waals surface area (Å²) in [5.74, 6) is 0.761. The number of carbonyl (C=O) groups is 2. The summed E-state index contributed by atoms with van der Waals surface area (Å²) < 4.78 is 0. The third-order valence-corrected chi connectivity index (χ3v) is 8.49. The van der Waals surface area contributed by atoms with Crippen LogP contribution in [0.15, 0.2) is 18.2 Å². The Balaban J connectivity index is 1.48. The van der Waals surface area contributed by atoms with Crippen molar-refractivity contribution in [2.24, 2.45) is 17.8 Å². The number of nitrogens with zero attached hydrogens (tertiary/aromatic N) is 1. The van der Waals surface area contributed by atoms with Crippen LogP contribution in [0.3, 0.4) is 0 Å². The molecule has 1 aromatic rings. The number of carbonyl (C=O) groups excluding carboxylic acids is 2. The highest BCUT2D eigenvalue weighted by atomic mass is 16.3. The number of likely N-dealkylation sites (tertiary alicyclic amines) is 1. The van der Waals surface area contributed by atoms with Crippen LogP contribution in [0, 0.1) is 17.8 Å². The molecule has 0 spiro atoms. The van der Waals surface area contributed by atoms with Crippen LogP contribution in [-0.2, 0) is 21.4 Å². The minimum absolute atomic E-state index is 0.0526. The molecule has 1 aliphatic heterocycles. The molecular formula is C26H36N2O4. The first-order chi connectivity index (χ1) is 15.2. The van der Waals surface area contributed by atoms with Crippen molar-refractivity contribution in [1.29, 1.82) is 0 Å². The maximum absolute atomic E-state index is 13.4. The summed E-state index contributed by atoms with van der Waals surface area (Å²) in [6, 6.07) is 5.40. The lowest BCUT2D eigenvalue weighted by Gasteiger charge is -2.64. The molecule has 4 aliphatic rings. The van der Waals surface area contributed by atoms with Crippen LogP contribution in [0.25, 0.3) is 0 Å². The number of benzene rings is 1. The summed E-state index contributed by atoms with van der Waals surface area (Å²) in [5.41, 5.74) is 0.335. The molecule has 1 aromatic carbocycles. The molecule has 4 atom stereocenters. The van der Waals surface area contributed by atoms with Gasteiger partial charge >= 0.3 is 0 Å². The van der Waals surface area contributed by atoms with Gasteiger partial charge in [-0.3, -0.25) is 14.5 Å². The van der Waals surface area contributed by atoms with E-state index in [1.165, 1.54) is 12.8 Å². The number of hydrogen-bond donors (Lipinski definition) is 3. The summed E-state index contributed by atoms with van der Waals surface area (Å²) in [5, 5.41) is 25.6. The molecule has 174 valence electrons. The number of hydrogen-bond acceptors (Lipinski definition) is 5. The Labute approximate surface area is 190 Å². The Morgan fingerprint density at radius 1 is 1.31 bits per heavy atom. The molecular weight excluding hydrogens is 404 g/mol. The fourth-order valence-electron chi connectivity index (χ4n) is 6.64. The molecule has 5 rings (SSSR count). The maximum atomic E-state index is 13.4. The van der Waals surface area contributed by atoms with Gasteiger partial charge in [-0.25, -0.2) is 0 Å². The van der Waals surface area contributed by atoms with E-state index in [0.29, 0.717) is 25.3 Å². The predicted octanol–water partition coefficient (Wildman–Crippen LogP) is 2.54. The Hall–Kier alpha value is -1.92. The summed E-state index contributed by atoms with van der Waals surface area (Å²) in [6.07, 6.45) is 4.66. The zero-order valence-corrected chi connectivity index (χ0v) is 19.3. The molecule has 1 amide bonds. The lowest BCUT2D eigenvalue weighted by Crippen LogP contribution is -2.74. The molecule has 0 aromatic heterocycles. The third-order valence-electron chi connectivity index (χ3n) is 8.49.